The van der Waals surface area contributed by atoms with Crippen LogP contribution in [0.25, 0.3) is 87.8 Å². The van der Waals surface area contributed by atoms with Crippen molar-refractivity contribution in [2.75, 3.05) is 0 Å². The second-order valence-electron chi connectivity index (χ2n) is 10.5. The lowest BCUT2D eigenvalue weighted by atomic mass is 9.90. The first-order chi connectivity index (χ1) is 20.8. The molecule has 9 rings (SSSR count). The summed E-state index contributed by atoms with van der Waals surface area (Å²) in [5, 5.41) is 7.48. The van der Waals surface area contributed by atoms with Crippen LogP contribution < -0.4 is 0 Å². The van der Waals surface area contributed by atoms with Crippen LogP contribution in [0.1, 0.15) is 0 Å². The van der Waals surface area contributed by atoms with Gasteiger partial charge < -0.3 is 0 Å². The van der Waals surface area contributed by atoms with Crippen molar-refractivity contribution in [2.45, 2.75) is 0 Å². The molecule has 0 saturated carbocycles. The minimum absolute atomic E-state index is 0.869. The molecule has 42 heavy (non-hydrogen) atoms. The van der Waals surface area contributed by atoms with E-state index in [0.29, 0.717) is 0 Å². The summed E-state index contributed by atoms with van der Waals surface area (Å²) in [4.78, 5) is 24.8. The van der Waals surface area contributed by atoms with Crippen molar-refractivity contribution in [3.63, 3.8) is 0 Å². The molecule has 0 radical (unpaired) electrons. The monoisotopic (exact) mass is 535 g/mol. The quantitative estimate of drug-likeness (QED) is 0.163. The predicted molar refractivity (Wildman–Crippen MR) is 171 cm³/mol. The van der Waals surface area contributed by atoms with E-state index in [4.69, 9.17) is 15.0 Å². The maximum atomic E-state index is 5.24. The zero-order valence-corrected chi connectivity index (χ0v) is 22.4. The molecular formula is C37H21N5. The van der Waals surface area contributed by atoms with E-state index in [1.165, 1.54) is 0 Å². The number of hydrogen-bond acceptors (Lipinski definition) is 5. The highest BCUT2D eigenvalue weighted by Gasteiger charge is 2.20. The molecular weight excluding hydrogens is 514 g/mol. The maximum absolute atomic E-state index is 5.24. The van der Waals surface area contributed by atoms with Gasteiger partial charge in [-0.2, -0.15) is 0 Å². The van der Waals surface area contributed by atoms with E-state index >= 15 is 0 Å². The largest absolute Gasteiger partial charge is 0.256 e. The topological polar surface area (TPSA) is 64.5 Å². The van der Waals surface area contributed by atoms with Crippen LogP contribution >= 0.6 is 0 Å². The molecule has 9 aromatic rings. The van der Waals surface area contributed by atoms with Crippen LogP contribution in [-0.2, 0) is 0 Å². The number of fused-ring (bicyclic) bond motifs is 8. The Hall–Kier alpha value is -5.81. The summed E-state index contributed by atoms with van der Waals surface area (Å²) < 4.78 is 0. The molecule has 0 N–H and O–H groups in total. The van der Waals surface area contributed by atoms with Crippen LogP contribution in [-0.4, -0.2) is 24.9 Å². The van der Waals surface area contributed by atoms with Gasteiger partial charge in [-0.15, -0.1) is 0 Å². The maximum Gasteiger partial charge on any atom is 0.0972 e. The molecule has 0 spiro atoms. The second kappa shape index (κ2) is 8.85. The Bertz CT molecular complexity index is 2300. The standard InChI is InChI=1S/C37H21N5/c1-2-9-27-26(8-1)31(29-17-15-24-13-11-22-6-3-19-38-33(22)35(24)41-29)28-10-5-21-40-37(28)32(27)30-18-16-25-14-12-23-7-4-20-39-34(23)36(25)42-30/h1-21H. The van der Waals surface area contributed by atoms with Crippen molar-refractivity contribution in [3.05, 3.63) is 128 Å². The molecule has 0 aliphatic rings. The Balaban J connectivity index is 1.38. The molecule has 0 bridgehead atoms. The Morgan fingerprint density at radius 3 is 1.33 bits per heavy atom. The molecule has 0 aliphatic heterocycles. The van der Waals surface area contributed by atoms with Gasteiger partial charge in [0.05, 0.1) is 39.0 Å². The summed E-state index contributed by atoms with van der Waals surface area (Å²) in [6, 6.07) is 37.6. The molecule has 0 amide bonds. The molecule has 0 saturated heterocycles. The van der Waals surface area contributed by atoms with Gasteiger partial charge in [0, 0.05) is 56.6 Å². The van der Waals surface area contributed by atoms with Crippen molar-refractivity contribution < 1.29 is 0 Å². The molecule has 5 heterocycles. The number of pyridine rings is 5. The van der Waals surface area contributed by atoms with Crippen LogP contribution in [0.2, 0.25) is 0 Å². The van der Waals surface area contributed by atoms with Gasteiger partial charge in [0.2, 0.25) is 0 Å². The third-order valence-electron chi connectivity index (χ3n) is 8.16. The Morgan fingerprint density at radius 2 is 0.738 bits per heavy atom. The first kappa shape index (κ1) is 22.9. The van der Waals surface area contributed by atoms with Crippen LogP contribution in [0, 0.1) is 0 Å². The van der Waals surface area contributed by atoms with E-state index < -0.39 is 0 Å². The van der Waals surface area contributed by atoms with E-state index in [9.17, 15) is 0 Å². The molecule has 5 aromatic heterocycles. The number of nitrogens with zero attached hydrogens (tertiary/aromatic N) is 5. The van der Waals surface area contributed by atoms with Crippen LogP contribution in [0.5, 0.6) is 0 Å². The van der Waals surface area contributed by atoms with E-state index in [2.05, 4.69) is 101 Å². The Morgan fingerprint density at radius 1 is 0.310 bits per heavy atom. The smallest absolute Gasteiger partial charge is 0.0972 e. The van der Waals surface area contributed by atoms with Gasteiger partial charge in [0.1, 0.15) is 0 Å². The van der Waals surface area contributed by atoms with Gasteiger partial charge in [-0.25, -0.2) is 9.97 Å². The van der Waals surface area contributed by atoms with Crippen LogP contribution in [0.15, 0.2) is 128 Å². The highest BCUT2D eigenvalue weighted by Crippen LogP contribution is 2.42. The lowest BCUT2D eigenvalue weighted by molar-refractivity contribution is 1.36. The van der Waals surface area contributed by atoms with Gasteiger partial charge >= 0.3 is 0 Å². The summed E-state index contributed by atoms with van der Waals surface area (Å²) in [6.45, 7) is 0. The van der Waals surface area contributed by atoms with Gasteiger partial charge in [-0.3, -0.25) is 15.0 Å². The summed E-state index contributed by atoms with van der Waals surface area (Å²) in [6.07, 6.45) is 5.51. The number of rotatable bonds is 2. The third-order valence-corrected chi connectivity index (χ3v) is 8.16. The second-order valence-corrected chi connectivity index (χ2v) is 10.5. The minimum Gasteiger partial charge on any atom is -0.256 e. The Kier molecular flexibility index (Phi) is 4.83. The number of aromatic nitrogens is 5. The fourth-order valence-corrected chi connectivity index (χ4v) is 6.26. The molecule has 5 nitrogen and oxygen atoms in total. The van der Waals surface area contributed by atoms with E-state index in [1.54, 1.807) is 0 Å². The fourth-order valence-electron chi connectivity index (χ4n) is 6.26. The highest BCUT2D eigenvalue weighted by atomic mass is 14.8. The lowest BCUT2D eigenvalue weighted by Gasteiger charge is -2.16. The van der Waals surface area contributed by atoms with Crippen molar-refractivity contribution in [1.82, 2.24) is 24.9 Å². The van der Waals surface area contributed by atoms with Crippen LogP contribution in [0.4, 0.5) is 0 Å². The van der Waals surface area contributed by atoms with Gasteiger partial charge in [-0.05, 0) is 41.1 Å². The first-order valence-electron chi connectivity index (χ1n) is 13.9. The summed E-state index contributed by atoms with van der Waals surface area (Å²) in [5.41, 5.74) is 8.30. The van der Waals surface area contributed by atoms with E-state index in [-0.39, 0.29) is 0 Å². The summed E-state index contributed by atoms with van der Waals surface area (Å²) in [5.74, 6) is 0. The molecule has 0 fully saturated rings. The molecule has 0 aliphatic carbocycles. The van der Waals surface area contributed by atoms with Gasteiger partial charge in [-0.1, -0.05) is 78.9 Å². The minimum atomic E-state index is 0.869. The zero-order chi connectivity index (χ0) is 27.6. The zero-order valence-electron chi connectivity index (χ0n) is 22.4. The van der Waals surface area contributed by atoms with Gasteiger partial charge in [0.25, 0.3) is 0 Å². The van der Waals surface area contributed by atoms with Gasteiger partial charge in [0.15, 0.2) is 0 Å². The molecule has 0 atom stereocenters. The predicted octanol–water partition coefficient (Wildman–Crippen LogP) is 8.91. The average Bonchev–Trinajstić information content (AvgIpc) is 3.06. The Labute approximate surface area is 240 Å². The summed E-state index contributed by atoms with van der Waals surface area (Å²) >= 11 is 0. The average molecular weight is 536 g/mol. The fraction of sp³-hybridized carbons (Fsp3) is 0. The molecule has 5 heteroatoms. The lowest BCUT2D eigenvalue weighted by Crippen LogP contribution is -1.96. The molecule has 0 unspecified atom stereocenters. The van der Waals surface area contributed by atoms with E-state index in [0.717, 1.165) is 87.8 Å². The van der Waals surface area contributed by atoms with E-state index in [1.807, 2.05) is 36.8 Å². The highest BCUT2D eigenvalue weighted by molar-refractivity contribution is 6.20. The normalized spacial score (nSPS) is 11.8. The third kappa shape index (κ3) is 3.34. The van der Waals surface area contributed by atoms with Crippen molar-refractivity contribution in [3.8, 4) is 22.5 Å². The van der Waals surface area contributed by atoms with Crippen molar-refractivity contribution in [2.24, 2.45) is 0 Å². The molecule has 194 valence electrons. The molecule has 4 aromatic carbocycles. The first-order valence-corrected chi connectivity index (χ1v) is 13.9. The summed E-state index contributed by atoms with van der Waals surface area (Å²) in [7, 11) is 0. The number of hydrogen-bond donors (Lipinski definition) is 0. The SMILES string of the molecule is c1cnc2c(c1)ccc1ccc(-c3c4ccccc4c(-c4ccc5ccc6cccnc6c5n4)c4ncccc34)nc12. The van der Waals surface area contributed by atoms with Crippen molar-refractivity contribution in [1.29, 1.82) is 0 Å². The number of benzene rings is 4. The van der Waals surface area contributed by atoms with Crippen LogP contribution in [0.3, 0.4) is 0 Å². The van der Waals surface area contributed by atoms with Crippen molar-refractivity contribution >= 4 is 65.3 Å².